The second-order valence-electron chi connectivity index (χ2n) is 7.39. The average molecular weight is 457 g/mol. The van der Waals surface area contributed by atoms with Gasteiger partial charge in [0.25, 0.3) is 0 Å². The van der Waals surface area contributed by atoms with E-state index in [1.54, 1.807) is 44.2 Å². The van der Waals surface area contributed by atoms with E-state index in [1.165, 1.54) is 19.3 Å². The van der Waals surface area contributed by atoms with Gasteiger partial charge in [0, 0.05) is 0 Å². The van der Waals surface area contributed by atoms with Gasteiger partial charge in [0.15, 0.2) is 0 Å². The number of hydrogen-bond acceptors (Lipinski definition) is 7. The molecule has 2 aromatic rings. The number of nitrogens with zero attached hydrogens (tertiary/aromatic N) is 2. The van der Waals surface area contributed by atoms with E-state index >= 15 is 4.39 Å². The number of anilines is 1. The van der Waals surface area contributed by atoms with E-state index in [-0.39, 0.29) is 24.2 Å². The number of rotatable bonds is 8. The monoisotopic (exact) mass is 457 g/mol. The van der Waals surface area contributed by atoms with Crippen LogP contribution in [0, 0.1) is 5.92 Å². The molecule has 0 spiro atoms. The molecule has 12 heteroatoms. The molecule has 32 heavy (non-hydrogen) atoms. The number of carbonyl (C=O) groups excluding carboxylic acids is 2. The van der Waals surface area contributed by atoms with E-state index in [9.17, 15) is 14.4 Å². The molecule has 1 aliphatic heterocycles. The third-order valence-corrected chi connectivity index (χ3v) is 6.30. The Hall–Kier alpha value is -2.75. The van der Waals surface area contributed by atoms with Crippen molar-refractivity contribution in [1.29, 1.82) is 0 Å². The summed E-state index contributed by atoms with van der Waals surface area (Å²) >= 11 is 1.11. The van der Waals surface area contributed by atoms with Gasteiger partial charge in [-0.2, -0.15) is 0 Å². The molecule has 4 atom stereocenters. The molecule has 1 saturated heterocycles. The quantitative estimate of drug-likeness (QED) is 0.474. The van der Waals surface area contributed by atoms with Crippen molar-refractivity contribution in [2.75, 3.05) is 11.9 Å². The Morgan fingerprint density at radius 1 is 1.31 bits per heavy atom. The summed E-state index contributed by atoms with van der Waals surface area (Å²) in [6.07, 6.45) is -1.48. The maximum atomic E-state index is 15.5. The maximum absolute atomic E-state index is 15.5. The van der Waals surface area contributed by atoms with Gasteiger partial charge in [-0.25, -0.2) is 0 Å². The minimum absolute atomic E-state index is 0.0442. The summed E-state index contributed by atoms with van der Waals surface area (Å²) in [6.45, 7) is 3.46. The van der Waals surface area contributed by atoms with Gasteiger partial charge in [-0.3, -0.25) is 0 Å². The first-order valence-electron chi connectivity index (χ1n) is 10.00. The molecule has 8 nitrogen and oxygen atoms in total. The molecular formula is C20H22B2FN3O5S. The Balaban J connectivity index is 1.81. The van der Waals surface area contributed by atoms with Crippen LogP contribution in [0.25, 0.3) is 0 Å². The summed E-state index contributed by atoms with van der Waals surface area (Å²) < 4.78 is 27.3. The fraction of sp³-hybridized carbons (Fsp3) is 0.400. The average Bonchev–Trinajstić information content (AvgIpc) is 3.08. The Labute approximate surface area is 190 Å². The van der Waals surface area contributed by atoms with Crippen molar-refractivity contribution in [2.24, 2.45) is 5.92 Å². The van der Waals surface area contributed by atoms with Gasteiger partial charge in [-0.15, -0.1) is 0 Å². The number of amides is 1. The summed E-state index contributed by atoms with van der Waals surface area (Å²) in [4.78, 5) is 40.7. The van der Waals surface area contributed by atoms with E-state index in [2.05, 4.69) is 17.7 Å². The molecule has 0 saturated carbocycles. The molecule has 1 aromatic heterocycles. The molecule has 2 heterocycles. The SMILES string of the molecule is B=BOC[C@H]1S[C@@H](n2ccc(NC(=O)C(C)C)nc2=O)[C@@H](F)C1OC(=O)c1ccccc1. The number of thioether (sulfide) groups is 1. The zero-order valence-electron chi connectivity index (χ0n) is 17.6. The van der Waals surface area contributed by atoms with Gasteiger partial charge in [0.1, 0.15) is 0 Å². The van der Waals surface area contributed by atoms with Crippen molar-refractivity contribution in [3.8, 4) is 0 Å². The van der Waals surface area contributed by atoms with Gasteiger partial charge in [-0.1, -0.05) is 13.8 Å². The number of halogens is 1. The normalized spacial score (nSPS) is 22.2. The number of esters is 1. The van der Waals surface area contributed by atoms with E-state index in [4.69, 9.17) is 9.39 Å². The van der Waals surface area contributed by atoms with Crippen LogP contribution in [-0.2, 0) is 14.2 Å². The topological polar surface area (TPSA) is 99.5 Å². The predicted octanol–water partition coefficient (Wildman–Crippen LogP) is 1.47. The molecular weight excluding hydrogens is 435 g/mol. The number of benzene rings is 1. The van der Waals surface area contributed by atoms with Crippen LogP contribution in [0.3, 0.4) is 0 Å². The predicted molar refractivity (Wildman–Crippen MR) is 122 cm³/mol. The van der Waals surface area contributed by atoms with E-state index in [0.29, 0.717) is 5.56 Å². The molecule has 0 radical (unpaired) electrons. The summed E-state index contributed by atoms with van der Waals surface area (Å²) in [5.74, 6) is -1.16. The Bertz CT molecular complexity index is 1040. The van der Waals surface area contributed by atoms with E-state index in [1.807, 2.05) is 0 Å². The third-order valence-electron chi connectivity index (χ3n) is 4.78. The van der Waals surface area contributed by atoms with Gasteiger partial charge >= 0.3 is 176 Å². The zero-order valence-corrected chi connectivity index (χ0v) is 18.5. The molecule has 1 fully saturated rings. The molecule has 1 unspecified atom stereocenters. The van der Waals surface area contributed by atoms with E-state index < -0.39 is 34.6 Å². The number of hydrogen-bond donors (Lipinski definition) is 1. The molecule has 0 bridgehead atoms. The van der Waals surface area contributed by atoms with Crippen LogP contribution in [0.1, 0.15) is 29.6 Å². The van der Waals surface area contributed by atoms with Crippen LogP contribution < -0.4 is 11.0 Å². The number of alkyl halides is 1. The van der Waals surface area contributed by atoms with Crippen molar-refractivity contribution in [1.82, 2.24) is 9.55 Å². The molecule has 1 aromatic carbocycles. The number of nitrogens with one attached hydrogen (secondary N) is 1. The van der Waals surface area contributed by atoms with Crippen LogP contribution in [0.4, 0.5) is 10.2 Å². The standard InChI is InChI=1S/C20H22B2FN3O5S/c1-11(2)17(27)24-14-8-9-26(20(29)25-14)18-15(23)16(13(32-18)10-30-22-21)31-19(28)12-6-4-3-5-7-12/h3-9,11,13,15-16,18,21H,10H2,1-2H3,(H,24,25,27,29)/t13-,15+,16?,18-/m1/s1. The summed E-state index contributed by atoms with van der Waals surface area (Å²) in [7, 11) is 4.70. The van der Waals surface area contributed by atoms with Crippen molar-refractivity contribution in [3.05, 3.63) is 58.6 Å². The van der Waals surface area contributed by atoms with Crippen molar-refractivity contribution in [2.45, 2.75) is 36.7 Å². The zero-order chi connectivity index (χ0) is 23.3. The van der Waals surface area contributed by atoms with Crippen molar-refractivity contribution < 1.29 is 23.4 Å². The molecule has 3 rings (SSSR count). The Kier molecular flexibility index (Phi) is 8.00. The molecule has 0 aliphatic carbocycles. The number of ether oxygens (including phenoxy) is 1. The molecule has 1 aliphatic rings. The van der Waals surface area contributed by atoms with E-state index in [0.717, 1.165) is 16.3 Å². The Morgan fingerprint density at radius 2 is 2.03 bits per heavy atom. The molecule has 1 N–H and O–H groups in total. The van der Waals surface area contributed by atoms with Crippen LogP contribution >= 0.6 is 11.8 Å². The summed E-state index contributed by atoms with van der Waals surface area (Å²) in [5, 5.41) is 0.972. The summed E-state index contributed by atoms with van der Waals surface area (Å²) in [5.41, 5.74) is -0.439. The Morgan fingerprint density at radius 3 is 2.66 bits per heavy atom. The second-order valence-corrected chi connectivity index (χ2v) is 8.75. The number of aromatic nitrogens is 2. The van der Waals surface area contributed by atoms with Crippen LogP contribution in [0.15, 0.2) is 47.4 Å². The molecule has 166 valence electrons. The van der Waals surface area contributed by atoms with Gasteiger partial charge < -0.3 is 0 Å². The second kappa shape index (κ2) is 10.7. The van der Waals surface area contributed by atoms with Crippen LogP contribution in [-0.4, -0.2) is 59.9 Å². The first-order valence-corrected chi connectivity index (χ1v) is 10.9. The van der Waals surface area contributed by atoms with Crippen LogP contribution in [0.5, 0.6) is 0 Å². The van der Waals surface area contributed by atoms with Crippen LogP contribution in [0.2, 0.25) is 0 Å². The van der Waals surface area contributed by atoms with Gasteiger partial charge in [-0.05, 0) is 0 Å². The van der Waals surface area contributed by atoms with Crippen molar-refractivity contribution >= 4 is 43.8 Å². The summed E-state index contributed by atoms with van der Waals surface area (Å²) in [6, 6.07) is 9.68. The van der Waals surface area contributed by atoms with Gasteiger partial charge in [0.05, 0.1) is 0 Å². The fourth-order valence-electron chi connectivity index (χ4n) is 3.07. The first kappa shape index (κ1) is 23.9. The third kappa shape index (κ3) is 5.53. The van der Waals surface area contributed by atoms with Crippen molar-refractivity contribution in [3.63, 3.8) is 0 Å². The first-order chi connectivity index (χ1) is 15.3. The van der Waals surface area contributed by atoms with Gasteiger partial charge in [0.2, 0.25) is 0 Å². The molecule has 1 amide bonds. The minimum atomic E-state index is -1.69. The number of carbonyl (C=O) groups is 2. The fourth-order valence-corrected chi connectivity index (χ4v) is 4.54.